The van der Waals surface area contributed by atoms with Crippen molar-refractivity contribution in [2.24, 2.45) is 0 Å². The average Bonchev–Trinajstić information content (AvgIpc) is 3.50. The number of nitrogens with one attached hydrogen (secondary N) is 1. The Morgan fingerprint density at radius 1 is 1.13 bits per heavy atom. The van der Waals surface area contributed by atoms with Crippen molar-refractivity contribution in [1.29, 1.82) is 0 Å². The summed E-state index contributed by atoms with van der Waals surface area (Å²) in [6, 6.07) is 17.4. The molecular weight excluding hydrogens is 378 g/mol. The monoisotopic (exact) mass is 405 g/mol. The van der Waals surface area contributed by atoms with Crippen LogP contribution in [0.3, 0.4) is 0 Å². The van der Waals surface area contributed by atoms with Crippen molar-refractivity contribution in [1.82, 2.24) is 15.2 Å². The van der Waals surface area contributed by atoms with E-state index < -0.39 is 0 Å². The highest BCUT2D eigenvalue weighted by Gasteiger charge is 2.26. The number of hydrogen-bond acceptors (Lipinski definition) is 5. The van der Waals surface area contributed by atoms with Gasteiger partial charge in [0.1, 0.15) is 11.9 Å². The Hall–Kier alpha value is -3.12. The minimum atomic E-state index is -0.152. The SMILES string of the molecule is C[C@H](Oc1ccc(C(=O)NC[C@H](c2ccco2)N2CCCC2)cn1)c1ccccc1. The van der Waals surface area contributed by atoms with Gasteiger partial charge in [0.2, 0.25) is 5.88 Å². The first kappa shape index (κ1) is 20.2. The lowest BCUT2D eigenvalue weighted by molar-refractivity contribution is 0.0933. The van der Waals surface area contributed by atoms with Gasteiger partial charge in [-0.3, -0.25) is 9.69 Å². The van der Waals surface area contributed by atoms with Gasteiger partial charge < -0.3 is 14.5 Å². The molecule has 1 saturated heterocycles. The maximum Gasteiger partial charge on any atom is 0.252 e. The summed E-state index contributed by atoms with van der Waals surface area (Å²) in [4.78, 5) is 19.3. The van der Waals surface area contributed by atoms with Crippen LogP contribution in [0.1, 0.15) is 53.6 Å². The van der Waals surface area contributed by atoms with Crippen LogP contribution in [0.5, 0.6) is 5.88 Å². The summed E-state index contributed by atoms with van der Waals surface area (Å²) < 4.78 is 11.5. The van der Waals surface area contributed by atoms with E-state index in [4.69, 9.17) is 9.15 Å². The van der Waals surface area contributed by atoms with Crippen LogP contribution < -0.4 is 10.1 Å². The molecule has 0 unspecified atom stereocenters. The molecule has 1 aromatic carbocycles. The highest BCUT2D eigenvalue weighted by molar-refractivity contribution is 5.93. The molecule has 3 heterocycles. The van der Waals surface area contributed by atoms with Crippen LogP contribution in [0.15, 0.2) is 71.5 Å². The number of pyridine rings is 1. The Bertz CT molecular complexity index is 920. The molecule has 6 heteroatoms. The van der Waals surface area contributed by atoms with Crippen molar-refractivity contribution in [2.45, 2.75) is 31.9 Å². The molecule has 3 aromatic rings. The number of aromatic nitrogens is 1. The van der Waals surface area contributed by atoms with Crippen LogP contribution >= 0.6 is 0 Å². The largest absolute Gasteiger partial charge is 0.470 e. The van der Waals surface area contributed by atoms with Crippen molar-refractivity contribution < 1.29 is 13.9 Å². The van der Waals surface area contributed by atoms with E-state index in [2.05, 4.69) is 15.2 Å². The summed E-state index contributed by atoms with van der Waals surface area (Å²) in [5, 5.41) is 3.03. The quantitative estimate of drug-likeness (QED) is 0.602. The van der Waals surface area contributed by atoms with Gasteiger partial charge in [-0.1, -0.05) is 30.3 Å². The van der Waals surface area contributed by atoms with Crippen molar-refractivity contribution in [3.05, 3.63) is 83.9 Å². The topological polar surface area (TPSA) is 67.6 Å². The van der Waals surface area contributed by atoms with Gasteiger partial charge in [0.05, 0.1) is 17.9 Å². The Morgan fingerprint density at radius 3 is 2.60 bits per heavy atom. The molecule has 0 bridgehead atoms. The van der Waals surface area contributed by atoms with Crippen LogP contribution in [-0.2, 0) is 0 Å². The summed E-state index contributed by atoms with van der Waals surface area (Å²) in [6.07, 6.45) is 5.47. The number of hydrogen-bond donors (Lipinski definition) is 1. The van der Waals surface area contributed by atoms with E-state index in [-0.39, 0.29) is 18.1 Å². The van der Waals surface area contributed by atoms with Crippen molar-refractivity contribution in [2.75, 3.05) is 19.6 Å². The predicted octanol–water partition coefficient (Wildman–Crippen LogP) is 4.38. The second-order valence-electron chi connectivity index (χ2n) is 7.54. The van der Waals surface area contributed by atoms with Gasteiger partial charge in [0, 0.05) is 18.8 Å². The molecule has 1 N–H and O–H groups in total. The van der Waals surface area contributed by atoms with E-state index in [1.54, 1.807) is 24.6 Å². The molecule has 156 valence electrons. The lowest BCUT2D eigenvalue weighted by atomic mass is 10.1. The fourth-order valence-corrected chi connectivity index (χ4v) is 3.79. The first-order chi connectivity index (χ1) is 14.7. The zero-order chi connectivity index (χ0) is 20.8. The lowest BCUT2D eigenvalue weighted by Gasteiger charge is -2.26. The Kier molecular flexibility index (Phi) is 6.44. The van der Waals surface area contributed by atoms with Gasteiger partial charge in [-0.25, -0.2) is 4.98 Å². The molecule has 30 heavy (non-hydrogen) atoms. The molecule has 2 aromatic heterocycles. The molecule has 0 radical (unpaired) electrons. The molecule has 6 nitrogen and oxygen atoms in total. The number of rotatable bonds is 8. The van der Waals surface area contributed by atoms with Gasteiger partial charge in [0.25, 0.3) is 5.91 Å². The Balaban J connectivity index is 1.35. The second-order valence-corrected chi connectivity index (χ2v) is 7.54. The molecule has 0 aliphatic carbocycles. The second kappa shape index (κ2) is 9.59. The minimum Gasteiger partial charge on any atom is -0.470 e. The molecule has 1 aliphatic rings. The summed E-state index contributed by atoms with van der Waals surface area (Å²) in [5.74, 6) is 1.23. The number of carbonyl (C=O) groups excluding carboxylic acids is 1. The first-order valence-electron chi connectivity index (χ1n) is 10.4. The van der Waals surface area contributed by atoms with E-state index in [9.17, 15) is 4.79 Å². The van der Waals surface area contributed by atoms with E-state index in [0.717, 1.165) is 24.4 Å². The Labute approximate surface area is 176 Å². The maximum absolute atomic E-state index is 12.6. The smallest absolute Gasteiger partial charge is 0.252 e. The zero-order valence-corrected chi connectivity index (χ0v) is 17.2. The van der Waals surface area contributed by atoms with Crippen molar-refractivity contribution in [3.63, 3.8) is 0 Å². The third kappa shape index (κ3) is 4.89. The number of furan rings is 1. The summed E-state index contributed by atoms with van der Waals surface area (Å²) in [6.45, 7) is 4.52. The van der Waals surface area contributed by atoms with Crippen LogP contribution in [0.4, 0.5) is 0 Å². The molecule has 4 rings (SSSR count). The molecule has 1 aliphatic heterocycles. The van der Waals surface area contributed by atoms with Crippen molar-refractivity contribution >= 4 is 5.91 Å². The first-order valence-corrected chi connectivity index (χ1v) is 10.4. The van der Waals surface area contributed by atoms with Gasteiger partial charge in [-0.05, 0) is 56.6 Å². The highest BCUT2D eigenvalue weighted by Crippen LogP contribution is 2.25. The number of carbonyl (C=O) groups is 1. The van der Waals surface area contributed by atoms with Gasteiger partial charge in [-0.2, -0.15) is 0 Å². The molecule has 1 amide bonds. The van der Waals surface area contributed by atoms with Gasteiger partial charge in [0.15, 0.2) is 0 Å². The fourth-order valence-electron chi connectivity index (χ4n) is 3.79. The molecule has 1 fully saturated rings. The Morgan fingerprint density at radius 2 is 1.93 bits per heavy atom. The third-order valence-corrected chi connectivity index (χ3v) is 5.47. The normalized spacial score (nSPS) is 16.2. The number of likely N-dealkylation sites (tertiary alicyclic amines) is 1. The lowest BCUT2D eigenvalue weighted by Crippen LogP contribution is -2.36. The summed E-state index contributed by atoms with van der Waals surface area (Å²) in [7, 11) is 0. The number of amides is 1. The van der Waals surface area contributed by atoms with Gasteiger partial charge >= 0.3 is 0 Å². The number of nitrogens with zero attached hydrogens (tertiary/aromatic N) is 2. The van der Waals surface area contributed by atoms with Crippen LogP contribution in [0.2, 0.25) is 0 Å². The molecule has 0 spiro atoms. The standard InChI is InChI=1S/C24H27N3O3/c1-18(19-8-3-2-4-9-19)30-23-12-11-20(16-25-23)24(28)26-17-21(22-10-7-15-29-22)27-13-5-6-14-27/h2-4,7-12,15-16,18,21H,5-6,13-14,17H2,1H3,(H,26,28)/t18-,21+/m0/s1. The summed E-state index contributed by atoms with van der Waals surface area (Å²) in [5.41, 5.74) is 1.58. The molecular formula is C24H27N3O3. The van der Waals surface area contributed by atoms with Crippen LogP contribution in [0.25, 0.3) is 0 Å². The number of benzene rings is 1. The van der Waals surface area contributed by atoms with Crippen LogP contribution in [0, 0.1) is 0 Å². The van der Waals surface area contributed by atoms with Crippen molar-refractivity contribution in [3.8, 4) is 5.88 Å². The fraction of sp³-hybridized carbons (Fsp3) is 0.333. The zero-order valence-electron chi connectivity index (χ0n) is 17.2. The van der Waals surface area contributed by atoms with E-state index in [0.29, 0.717) is 18.0 Å². The van der Waals surface area contributed by atoms with Crippen LogP contribution in [-0.4, -0.2) is 35.4 Å². The third-order valence-electron chi connectivity index (χ3n) is 5.47. The predicted molar refractivity (Wildman–Crippen MR) is 114 cm³/mol. The number of ether oxygens (including phenoxy) is 1. The average molecular weight is 405 g/mol. The van der Waals surface area contributed by atoms with Gasteiger partial charge in [-0.15, -0.1) is 0 Å². The summed E-state index contributed by atoms with van der Waals surface area (Å²) >= 11 is 0. The van der Waals surface area contributed by atoms with E-state index in [1.165, 1.54) is 12.8 Å². The molecule has 2 atom stereocenters. The maximum atomic E-state index is 12.6. The van der Waals surface area contributed by atoms with E-state index >= 15 is 0 Å². The highest BCUT2D eigenvalue weighted by atomic mass is 16.5. The molecule has 0 saturated carbocycles. The van der Waals surface area contributed by atoms with E-state index in [1.807, 2.05) is 49.4 Å². The minimum absolute atomic E-state index is 0.0498.